The molecule has 1 aliphatic rings. The van der Waals surface area contributed by atoms with Crippen LogP contribution in [0.15, 0.2) is 24.3 Å². The smallest absolute Gasteiger partial charge is 0.127 e. The first kappa shape index (κ1) is 13.2. The number of benzene rings is 1. The number of nitrogens with zero attached hydrogens (tertiary/aromatic N) is 2. The number of hydrogen-bond acceptors (Lipinski definition) is 1. The Hall–Kier alpha value is -1.83. The van der Waals surface area contributed by atoms with Crippen molar-refractivity contribution in [2.45, 2.75) is 6.54 Å². The second-order valence-electron chi connectivity index (χ2n) is 5.89. The molecular formula is C16H22N4+2. The highest BCUT2D eigenvalue weighted by molar-refractivity contribution is 5.87. The summed E-state index contributed by atoms with van der Waals surface area (Å²) in [6.07, 6.45) is 0. The fourth-order valence-corrected chi connectivity index (χ4v) is 3.22. The molecule has 2 aromatic rings. The van der Waals surface area contributed by atoms with Crippen LogP contribution in [0.2, 0.25) is 0 Å². The fraction of sp³-hybridized carbons (Fsp3) is 0.438. The maximum atomic E-state index is 9.52. The molecular weight excluding hydrogens is 248 g/mol. The summed E-state index contributed by atoms with van der Waals surface area (Å²) in [6, 6.07) is 10.6. The van der Waals surface area contributed by atoms with Gasteiger partial charge in [0, 0.05) is 18.0 Å². The van der Waals surface area contributed by atoms with Gasteiger partial charge in [-0.2, -0.15) is 5.26 Å². The summed E-state index contributed by atoms with van der Waals surface area (Å²) in [5.74, 6) is 0. The minimum Gasteiger partial charge on any atom is -0.342 e. The van der Waals surface area contributed by atoms with Crippen LogP contribution < -0.4 is 9.80 Å². The molecule has 0 spiro atoms. The summed E-state index contributed by atoms with van der Waals surface area (Å²) in [4.78, 5) is 3.21. The second kappa shape index (κ2) is 5.28. The van der Waals surface area contributed by atoms with Gasteiger partial charge in [0.15, 0.2) is 0 Å². The Kier molecular flexibility index (Phi) is 3.47. The quantitative estimate of drug-likeness (QED) is 0.719. The molecule has 104 valence electrons. The van der Waals surface area contributed by atoms with E-state index in [-0.39, 0.29) is 0 Å². The molecule has 4 nitrogen and oxygen atoms in total. The zero-order chi connectivity index (χ0) is 14.1. The van der Waals surface area contributed by atoms with E-state index >= 15 is 0 Å². The van der Waals surface area contributed by atoms with Gasteiger partial charge in [0.1, 0.15) is 38.8 Å². The van der Waals surface area contributed by atoms with Crippen LogP contribution in [-0.4, -0.2) is 37.8 Å². The number of quaternary nitrogens is 2. The number of rotatable bonds is 2. The summed E-state index contributed by atoms with van der Waals surface area (Å²) in [6.45, 7) is 5.79. The van der Waals surface area contributed by atoms with Crippen LogP contribution in [-0.2, 0) is 13.6 Å². The molecule has 4 heteroatoms. The van der Waals surface area contributed by atoms with Crippen molar-refractivity contribution in [1.82, 2.24) is 4.57 Å². The van der Waals surface area contributed by atoms with E-state index in [1.54, 1.807) is 9.80 Å². The predicted molar refractivity (Wildman–Crippen MR) is 78.7 cm³/mol. The molecule has 0 saturated carbocycles. The standard InChI is InChI=1S/C16H20N4/c1-18-7-9-20(10-8-18)12-16-14(11-17)13-5-3-4-6-15(13)19(16)2/h3-6H,7-10,12H2,1-2H3/p+2. The topological polar surface area (TPSA) is 37.6 Å². The van der Waals surface area contributed by atoms with Crippen molar-refractivity contribution in [2.75, 3.05) is 33.2 Å². The average Bonchev–Trinajstić information content (AvgIpc) is 2.74. The van der Waals surface area contributed by atoms with Gasteiger partial charge in [-0.1, -0.05) is 18.2 Å². The second-order valence-corrected chi connectivity index (χ2v) is 5.89. The van der Waals surface area contributed by atoms with Crippen molar-refractivity contribution in [1.29, 1.82) is 5.26 Å². The van der Waals surface area contributed by atoms with Gasteiger partial charge in [-0.05, 0) is 6.07 Å². The number of aryl methyl sites for hydroxylation is 1. The first-order chi connectivity index (χ1) is 9.70. The lowest BCUT2D eigenvalue weighted by Gasteiger charge is -2.27. The molecule has 0 amide bonds. The molecule has 1 fully saturated rings. The maximum Gasteiger partial charge on any atom is 0.127 e. The van der Waals surface area contributed by atoms with E-state index < -0.39 is 0 Å². The number of nitriles is 1. The normalized spacial score (nSPS) is 22.9. The van der Waals surface area contributed by atoms with Crippen LogP contribution in [0.5, 0.6) is 0 Å². The van der Waals surface area contributed by atoms with Gasteiger partial charge in [0.2, 0.25) is 0 Å². The molecule has 1 aliphatic heterocycles. The number of likely N-dealkylation sites (N-methyl/N-ethyl adjacent to an activating group) is 1. The molecule has 3 rings (SSSR count). The number of para-hydroxylation sites is 1. The average molecular weight is 270 g/mol. The van der Waals surface area contributed by atoms with Gasteiger partial charge < -0.3 is 14.4 Å². The first-order valence-electron chi connectivity index (χ1n) is 7.32. The van der Waals surface area contributed by atoms with Gasteiger partial charge >= 0.3 is 0 Å². The monoisotopic (exact) mass is 270 g/mol. The minimum absolute atomic E-state index is 0.863. The van der Waals surface area contributed by atoms with Crippen LogP contribution >= 0.6 is 0 Å². The van der Waals surface area contributed by atoms with Crippen molar-refractivity contribution < 1.29 is 9.80 Å². The van der Waals surface area contributed by atoms with Crippen LogP contribution in [0.3, 0.4) is 0 Å². The Balaban J connectivity index is 1.95. The molecule has 1 aromatic heterocycles. The third-order valence-electron chi connectivity index (χ3n) is 4.57. The lowest BCUT2D eigenvalue weighted by molar-refractivity contribution is -1.01. The predicted octanol–water partition coefficient (Wildman–Crippen LogP) is -1.04. The molecule has 0 aliphatic carbocycles. The minimum atomic E-state index is 0.863. The van der Waals surface area contributed by atoms with E-state index in [1.165, 1.54) is 37.4 Å². The van der Waals surface area contributed by atoms with Gasteiger partial charge in [-0.15, -0.1) is 0 Å². The van der Waals surface area contributed by atoms with Crippen molar-refractivity contribution in [3.8, 4) is 6.07 Å². The molecule has 0 unspecified atom stereocenters. The highest BCUT2D eigenvalue weighted by Gasteiger charge is 2.24. The molecule has 2 N–H and O–H groups in total. The summed E-state index contributed by atoms with van der Waals surface area (Å²) >= 11 is 0. The van der Waals surface area contributed by atoms with Crippen LogP contribution in [0.4, 0.5) is 0 Å². The Bertz CT molecular complexity index is 657. The third-order valence-corrected chi connectivity index (χ3v) is 4.57. The van der Waals surface area contributed by atoms with Crippen LogP contribution in [0.25, 0.3) is 10.9 Å². The SMILES string of the molecule is Cn1c(C[NH+]2CC[NH+](C)CC2)c(C#N)c2ccccc21. The molecule has 1 saturated heterocycles. The van der Waals surface area contributed by atoms with Crippen LogP contribution in [0, 0.1) is 11.3 Å². The number of hydrogen-bond donors (Lipinski definition) is 2. The van der Waals surface area contributed by atoms with Crippen molar-refractivity contribution in [2.24, 2.45) is 7.05 Å². The van der Waals surface area contributed by atoms with Crippen molar-refractivity contribution >= 4 is 10.9 Å². The molecule has 0 atom stereocenters. The Morgan fingerprint density at radius 1 is 1.20 bits per heavy atom. The summed E-state index contributed by atoms with van der Waals surface area (Å²) in [5, 5.41) is 10.6. The first-order valence-corrected chi connectivity index (χ1v) is 7.32. The highest BCUT2D eigenvalue weighted by Crippen LogP contribution is 2.23. The number of fused-ring (bicyclic) bond motifs is 1. The fourth-order valence-electron chi connectivity index (χ4n) is 3.22. The van der Waals surface area contributed by atoms with Gasteiger partial charge in [0.25, 0.3) is 0 Å². The summed E-state index contributed by atoms with van der Waals surface area (Å²) < 4.78 is 2.20. The Morgan fingerprint density at radius 2 is 1.90 bits per heavy atom. The van der Waals surface area contributed by atoms with E-state index in [9.17, 15) is 5.26 Å². The van der Waals surface area contributed by atoms with E-state index in [4.69, 9.17) is 0 Å². The third kappa shape index (κ3) is 2.20. The highest BCUT2D eigenvalue weighted by atomic mass is 15.2. The molecule has 0 radical (unpaired) electrons. The van der Waals surface area contributed by atoms with E-state index in [0.717, 1.165) is 17.5 Å². The zero-order valence-corrected chi connectivity index (χ0v) is 12.2. The molecule has 0 bridgehead atoms. The molecule has 20 heavy (non-hydrogen) atoms. The van der Waals surface area contributed by atoms with Gasteiger partial charge in [-0.25, -0.2) is 0 Å². The van der Waals surface area contributed by atoms with E-state index in [0.29, 0.717) is 0 Å². The van der Waals surface area contributed by atoms with E-state index in [2.05, 4.69) is 36.9 Å². The van der Waals surface area contributed by atoms with Gasteiger partial charge in [-0.3, -0.25) is 0 Å². The lowest BCUT2D eigenvalue weighted by atomic mass is 10.1. The lowest BCUT2D eigenvalue weighted by Crippen LogP contribution is -3.26. The largest absolute Gasteiger partial charge is 0.342 e. The number of aromatic nitrogens is 1. The summed E-state index contributed by atoms with van der Waals surface area (Å²) in [5.41, 5.74) is 3.21. The Labute approximate surface area is 119 Å². The summed E-state index contributed by atoms with van der Waals surface area (Å²) in [7, 11) is 4.34. The van der Waals surface area contributed by atoms with Gasteiger partial charge in [0.05, 0.1) is 18.3 Å². The van der Waals surface area contributed by atoms with Crippen molar-refractivity contribution in [3.05, 3.63) is 35.5 Å². The number of nitrogens with one attached hydrogen (secondary N) is 2. The van der Waals surface area contributed by atoms with Crippen LogP contribution in [0.1, 0.15) is 11.3 Å². The van der Waals surface area contributed by atoms with Crippen molar-refractivity contribution in [3.63, 3.8) is 0 Å². The molecule has 1 aromatic carbocycles. The van der Waals surface area contributed by atoms with E-state index in [1.807, 2.05) is 12.1 Å². The zero-order valence-electron chi connectivity index (χ0n) is 12.2. The Morgan fingerprint density at radius 3 is 2.60 bits per heavy atom. The number of piperazine rings is 1. The molecule has 2 heterocycles. The maximum absolute atomic E-state index is 9.52.